The predicted octanol–water partition coefficient (Wildman–Crippen LogP) is 4.54. The van der Waals surface area contributed by atoms with E-state index in [1.54, 1.807) is 33.7 Å². The number of fused-ring (bicyclic) bond motifs is 2. The number of nitrogens with zero attached hydrogens (tertiary/aromatic N) is 2. The maximum absolute atomic E-state index is 13.9. The Hall–Kier alpha value is -2.34. The number of carbonyl (C=O) groups excluding carboxylic acids is 2. The maximum Gasteiger partial charge on any atom is 0.268 e. The first-order valence-electron chi connectivity index (χ1n) is 9.83. The van der Waals surface area contributed by atoms with Crippen molar-refractivity contribution < 1.29 is 14.0 Å². The van der Waals surface area contributed by atoms with Gasteiger partial charge in [-0.1, -0.05) is 44.2 Å². The molecule has 2 aromatic rings. The topological polar surface area (TPSA) is 40.6 Å². The van der Waals surface area contributed by atoms with Crippen molar-refractivity contribution >= 4 is 29.3 Å². The molecule has 29 heavy (non-hydrogen) atoms. The first kappa shape index (κ1) is 20.0. The van der Waals surface area contributed by atoms with Crippen LogP contribution in [0.2, 0.25) is 0 Å². The van der Waals surface area contributed by atoms with Gasteiger partial charge in [-0.2, -0.15) is 0 Å². The van der Waals surface area contributed by atoms with Crippen molar-refractivity contribution in [3.05, 3.63) is 65.5 Å². The van der Waals surface area contributed by atoms with Gasteiger partial charge in [-0.25, -0.2) is 4.39 Å². The second-order valence-electron chi connectivity index (χ2n) is 8.62. The third kappa shape index (κ3) is 3.14. The average Bonchev–Trinajstić information content (AvgIpc) is 3.09. The quantitative estimate of drug-likeness (QED) is 0.743. The Kier molecular flexibility index (Phi) is 4.73. The summed E-state index contributed by atoms with van der Waals surface area (Å²) in [5.41, 5.74) is 2.51. The number of para-hydroxylation sites is 1. The van der Waals surface area contributed by atoms with Crippen molar-refractivity contribution in [2.45, 2.75) is 43.9 Å². The van der Waals surface area contributed by atoms with Crippen LogP contribution in [0.3, 0.4) is 0 Å². The van der Waals surface area contributed by atoms with E-state index in [9.17, 15) is 14.0 Å². The van der Waals surface area contributed by atoms with E-state index in [1.807, 2.05) is 38.1 Å². The third-order valence-corrected chi connectivity index (χ3v) is 7.04. The van der Waals surface area contributed by atoms with Crippen LogP contribution in [0.1, 0.15) is 38.8 Å². The Labute approximate surface area is 175 Å². The molecule has 0 saturated carbocycles. The molecule has 2 aromatic carbocycles. The number of hydrogen-bond acceptors (Lipinski definition) is 3. The van der Waals surface area contributed by atoms with Crippen LogP contribution >= 0.6 is 11.8 Å². The monoisotopic (exact) mass is 412 g/mol. The highest BCUT2D eigenvalue weighted by atomic mass is 32.2. The van der Waals surface area contributed by atoms with Crippen LogP contribution in [0.4, 0.5) is 10.1 Å². The van der Waals surface area contributed by atoms with Gasteiger partial charge < -0.3 is 9.80 Å². The van der Waals surface area contributed by atoms with Gasteiger partial charge in [-0.15, -0.1) is 11.8 Å². The zero-order valence-corrected chi connectivity index (χ0v) is 17.9. The van der Waals surface area contributed by atoms with E-state index in [4.69, 9.17) is 0 Å². The van der Waals surface area contributed by atoms with Crippen molar-refractivity contribution in [1.29, 1.82) is 0 Å². The molecular weight excluding hydrogens is 387 g/mol. The van der Waals surface area contributed by atoms with E-state index in [-0.39, 0.29) is 28.3 Å². The number of hydrogen-bond donors (Lipinski definition) is 0. The fourth-order valence-electron chi connectivity index (χ4n) is 4.22. The van der Waals surface area contributed by atoms with Crippen molar-refractivity contribution in [2.24, 2.45) is 5.92 Å². The van der Waals surface area contributed by atoms with Crippen LogP contribution in [-0.4, -0.2) is 28.0 Å². The summed E-state index contributed by atoms with van der Waals surface area (Å²) < 4.78 is 13.1. The van der Waals surface area contributed by atoms with Gasteiger partial charge in [0.05, 0.1) is 12.2 Å². The molecule has 0 aromatic heterocycles. The number of anilines is 1. The molecule has 6 heteroatoms. The lowest BCUT2D eigenvalue weighted by molar-refractivity contribution is -0.143. The highest BCUT2D eigenvalue weighted by Gasteiger charge is 2.63. The lowest BCUT2D eigenvalue weighted by Gasteiger charge is -2.34. The summed E-state index contributed by atoms with van der Waals surface area (Å²) in [6.07, 6.45) is 0. The molecule has 0 N–H and O–H groups in total. The normalized spacial score (nSPS) is 22.6. The van der Waals surface area contributed by atoms with Crippen molar-refractivity contribution in [1.82, 2.24) is 4.90 Å². The van der Waals surface area contributed by atoms with Crippen LogP contribution in [0.15, 0.2) is 48.5 Å². The van der Waals surface area contributed by atoms with Gasteiger partial charge in [0.15, 0.2) is 4.87 Å². The third-order valence-electron chi connectivity index (χ3n) is 5.45. The molecule has 1 spiro atoms. The maximum atomic E-state index is 13.9. The molecule has 0 aliphatic carbocycles. The SMILES string of the molecule is CC(C)C(=O)N1CC(C)(C)S[C@]12C(=O)N(Cc1ccc(F)cc1)c1ccccc12. The number of benzene rings is 2. The molecule has 2 heterocycles. The van der Waals surface area contributed by atoms with Crippen LogP contribution in [0.25, 0.3) is 0 Å². The number of halogens is 1. The smallest absolute Gasteiger partial charge is 0.268 e. The Bertz CT molecular complexity index is 973. The molecule has 4 rings (SSSR count). The fourth-order valence-corrected chi connectivity index (χ4v) is 5.95. The van der Waals surface area contributed by atoms with Crippen LogP contribution < -0.4 is 4.90 Å². The Morgan fingerprint density at radius 3 is 2.45 bits per heavy atom. The van der Waals surface area contributed by atoms with E-state index >= 15 is 0 Å². The number of thioether (sulfide) groups is 1. The van der Waals surface area contributed by atoms with Crippen molar-refractivity contribution in [3.8, 4) is 0 Å². The zero-order valence-electron chi connectivity index (χ0n) is 17.1. The molecule has 0 unspecified atom stereocenters. The summed E-state index contributed by atoms with van der Waals surface area (Å²) in [6, 6.07) is 13.9. The average molecular weight is 413 g/mol. The molecule has 1 atom stereocenters. The van der Waals surface area contributed by atoms with Gasteiger partial charge >= 0.3 is 0 Å². The first-order chi connectivity index (χ1) is 13.7. The fraction of sp³-hybridized carbons (Fsp3) is 0.391. The molecular formula is C23H25FN2O2S. The lowest BCUT2D eigenvalue weighted by Crippen LogP contribution is -2.51. The van der Waals surface area contributed by atoms with Gasteiger partial charge in [0.1, 0.15) is 5.82 Å². The summed E-state index contributed by atoms with van der Waals surface area (Å²) in [4.78, 5) is 29.5. The summed E-state index contributed by atoms with van der Waals surface area (Å²) in [5, 5.41) is 0. The highest BCUT2D eigenvalue weighted by Crippen LogP contribution is 2.59. The number of amides is 2. The molecule has 0 bridgehead atoms. The van der Waals surface area contributed by atoms with Gasteiger partial charge in [0.2, 0.25) is 5.91 Å². The van der Waals surface area contributed by atoms with Crippen LogP contribution in [0.5, 0.6) is 0 Å². The minimum absolute atomic E-state index is 0.0186. The second-order valence-corrected chi connectivity index (χ2v) is 10.5. The van der Waals surface area contributed by atoms with Crippen LogP contribution in [0, 0.1) is 11.7 Å². The second kappa shape index (κ2) is 6.87. The molecule has 152 valence electrons. The number of carbonyl (C=O) groups is 2. The highest BCUT2D eigenvalue weighted by molar-refractivity contribution is 8.02. The molecule has 1 saturated heterocycles. The molecule has 0 radical (unpaired) electrons. The van der Waals surface area contributed by atoms with Crippen LogP contribution in [-0.2, 0) is 21.0 Å². The van der Waals surface area contributed by atoms with Crippen molar-refractivity contribution in [3.63, 3.8) is 0 Å². The summed E-state index contributed by atoms with van der Waals surface area (Å²) in [7, 11) is 0. The Morgan fingerprint density at radius 2 is 1.79 bits per heavy atom. The molecule has 1 fully saturated rings. The van der Waals surface area contributed by atoms with Crippen molar-refractivity contribution in [2.75, 3.05) is 11.4 Å². The minimum atomic E-state index is -1.05. The number of rotatable bonds is 3. The van der Waals surface area contributed by atoms with Gasteiger partial charge in [-0.3, -0.25) is 9.59 Å². The van der Waals surface area contributed by atoms with Gasteiger partial charge in [0, 0.05) is 22.8 Å². The van der Waals surface area contributed by atoms with E-state index in [0.29, 0.717) is 13.1 Å². The zero-order chi connectivity index (χ0) is 21.0. The Balaban J connectivity index is 1.83. The summed E-state index contributed by atoms with van der Waals surface area (Å²) in [5.74, 6) is -0.630. The predicted molar refractivity (Wildman–Crippen MR) is 114 cm³/mol. The lowest BCUT2D eigenvalue weighted by atomic mass is 10.0. The van der Waals surface area contributed by atoms with E-state index < -0.39 is 4.87 Å². The molecule has 2 aliphatic heterocycles. The largest absolute Gasteiger partial charge is 0.314 e. The summed E-state index contributed by atoms with van der Waals surface area (Å²) >= 11 is 1.55. The van der Waals surface area contributed by atoms with Gasteiger partial charge in [-0.05, 0) is 37.6 Å². The standard InChI is InChI=1S/C23H25FN2O2S/c1-15(2)20(27)26-14-22(3,4)29-23(26)18-7-5-6-8-19(18)25(21(23)28)13-16-9-11-17(24)12-10-16/h5-12,15H,13-14H2,1-4H3/t23-/m1/s1. The molecule has 2 aliphatic rings. The Morgan fingerprint density at radius 1 is 1.14 bits per heavy atom. The molecule has 4 nitrogen and oxygen atoms in total. The minimum Gasteiger partial charge on any atom is -0.314 e. The van der Waals surface area contributed by atoms with E-state index in [2.05, 4.69) is 13.8 Å². The molecule has 2 amide bonds. The van der Waals surface area contributed by atoms with E-state index in [0.717, 1.165) is 16.8 Å². The van der Waals surface area contributed by atoms with E-state index in [1.165, 1.54) is 12.1 Å². The summed E-state index contributed by atoms with van der Waals surface area (Å²) in [6.45, 7) is 8.74. The first-order valence-corrected chi connectivity index (χ1v) is 10.6. The van der Waals surface area contributed by atoms with Gasteiger partial charge in [0.25, 0.3) is 5.91 Å².